The molecule has 1 aromatic carbocycles. The standard InChI is InChI=1S/C19H15ClN4/c20-16-4-1-3-15(11-16)19-17-5-2-8-22-18(17)13-24(23-19)12-14-6-9-21-10-7-14/h1-11,13,23H,12H2. The number of fused-ring (bicyclic) bond motifs is 1. The number of nitrogens with zero attached hydrogens (tertiary/aromatic N) is 3. The number of nitrogens with one attached hydrogen (secondary N) is 1. The highest BCUT2D eigenvalue weighted by Gasteiger charge is 2.13. The summed E-state index contributed by atoms with van der Waals surface area (Å²) in [5.74, 6) is 0. The van der Waals surface area contributed by atoms with E-state index in [1.807, 2.05) is 53.7 Å². The van der Waals surface area contributed by atoms with Crippen molar-refractivity contribution in [2.45, 2.75) is 6.54 Å². The molecule has 24 heavy (non-hydrogen) atoms. The average molecular weight is 335 g/mol. The third-order valence-corrected chi connectivity index (χ3v) is 4.09. The quantitative estimate of drug-likeness (QED) is 0.796. The molecule has 0 bridgehead atoms. The maximum Gasteiger partial charge on any atom is 0.0901 e. The summed E-state index contributed by atoms with van der Waals surface area (Å²) in [5, 5.41) is 4.73. The Morgan fingerprint density at radius 1 is 1.00 bits per heavy atom. The van der Waals surface area contributed by atoms with Crippen molar-refractivity contribution in [2.24, 2.45) is 0 Å². The molecule has 0 amide bonds. The number of halogens is 1. The van der Waals surface area contributed by atoms with Gasteiger partial charge in [0.15, 0.2) is 0 Å². The van der Waals surface area contributed by atoms with Crippen LogP contribution in [0.25, 0.3) is 11.9 Å². The van der Waals surface area contributed by atoms with Gasteiger partial charge in [0.1, 0.15) is 0 Å². The van der Waals surface area contributed by atoms with Crippen LogP contribution in [0.15, 0.2) is 67.1 Å². The normalized spacial score (nSPS) is 13.0. The van der Waals surface area contributed by atoms with Crippen LogP contribution in [-0.2, 0) is 6.54 Å². The molecule has 2 aromatic heterocycles. The minimum atomic E-state index is 0.711. The van der Waals surface area contributed by atoms with E-state index in [2.05, 4.69) is 21.5 Å². The summed E-state index contributed by atoms with van der Waals surface area (Å²) in [6.07, 6.45) is 7.42. The Morgan fingerprint density at radius 2 is 1.88 bits per heavy atom. The predicted octanol–water partition coefficient (Wildman–Crippen LogP) is 2.04. The minimum Gasteiger partial charge on any atom is -0.297 e. The van der Waals surface area contributed by atoms with Gasteiger partial charge in [-0.15, -0.1) is 0 Å². The van der Waals surface area contributed by atoms with E-state index >= 15 is 0 Å². The fourth-order valence-corrected chi connectivity index (χ4v) is 2.94. The summed E-state index contributed by atoms with van der Waals surface area (Å²) in [5.41, 5.74) is 6.67. The molecule has 4 nitrogen and oxygen atoms in total. The first-order chi connectivity index (χ1) is 11.8. The molecule has 3 aromatic rings. The van der Waals surface area contributed by atoms with Crippen molar-refractivity contribution in [1.82, 2.24) is 20.4 Å². The fraction of sp³-hybridized carbons (Fsp3) is 0.0526. The summed E-state index contributed by atoms with van der Waals surface area (Å²) in [6, 6.07) is 15.8. The predicted molar refractivity (Wildman–Crippen MR) is 94.8 cm³/mol. The van der Waals surface area contributed by atoms with Crippen molar-refractivity contribution in [3.63, 3.8) is 0 Å². The maximum atomic E-state index is 6.17. The molecule has 0 saturated heterocycles. The molecule has 0 spiro atoms. The van der Waals surface area contributed by atoms with Crippen LogP contribution in [0.2, 0.25) is 5.02 Å². The molecule has 1 aliphatic rings. The van der Waals surface area contributed by atoms with E-state index in [1.54, 1.807) is 18.6 Å². The smallest absolute Gasteiger partial charge is 0.0901 e. The Morgan fingerprint density at radius 3 is 2.71 bits per heavy atom. The first-order valence-electron chi connectivity index (χ1n) is 7.65. The van der Waals surface area contributed by atoms with Crippen LogP contribution in [-0.4, -0.2) is 15.0 Å². The van der Waals surface area contributed by atoms with Gasteiger partial charge in [0.25, 0.3) is 0 Å². The molecular formula is C19H15ClN4. The zero-order valence-corrected chi connectivity index (χ0v) is 13.6. The van der Waals surface area contributed by atoms with Crippen LogP contribution in [0, 0.1) is 0 Å². The SMILES string of the molecule is Clc1cccc(C2=c3cccnc3=CN(Cc3ccncc3)N2)c1. The molecule has 0 aliphatic carbocycles. The van der Waals surface area contributed by atoms with E-state index in [4.69, 9.17) is 11.6 Å². The average Bonchev–Trinajstić information content (AvgIpc) is 2.62. The van der Waals surface area contributed by atoms with Crippen LogP contribution < -0.4 is 16.0 Å². The van der Waals surface area contributed by atoms with Crippen molar-refractivity contribution in [3.05, 3.63) is 93.8 Å². The molecule has 1 aliphatic heterocycles. The highest BCUT2D eigenvalue weighted by molar-refractivity contribution is 6.30. The maximum absolute atomic E-state index is 6.17. The largest absolute Gasteiger partial charge is 0.297 e. The lowest BCUT2D eigenvalue weighted by molar-refractivity contribution is 0.345. The van der Waals surface area contributed by atoms with Crippen LogP contribution in [0.1, 0.15) is 11.1 Å². The van der Waals surface area contributed by atoms with Crippen molar-refractivity contribution in [2.75, 3.05) is 0 Å². The van der Waals surface area contributed by atoms with Gasteiger partial charge in [0, 0.05) is 40.6 Å². The van der Waals surface area contributed by atoms with Gasteiger partial charge in [-0.2, -0.15) is 0 Å². The summed E-state index contributed by atoms with van der Waals surface area (Å²) >= 11 is 6.17. The van der Waals surface area contributed by atoms with Crippen molar-refractivity contribution < 1.29 is 0 Å². The second-order valence-electron chi connectivity index (χ2n) is 5.55. The lowest BCUT2D eigenvalue weighted by Crippen LogP contribution is -2.46. The van der Waals surface area contributed by atoms with Crippen LogP contribution in [0.3, 0.4) is 0 Å². The third-order valence-electron chi connectivity index (χ3n) is 3.86. The first kappa shape index (κ1) is 14.7. The number of benzene rings is 1. The number of hydrazine groups is 1. The molecule has 0 fully saturated rings. The van der Waals surface area contributed by atoms with Crippen molar-refractivity contribution in [1.29, 1.82) is 0 Å². The number of hydrogen-bond acceptors (Lipinski definition) is 4. The van der Waals surface area contributed by atoms with Crippen molar-refractivity contribution in [3.8, 4) is 0 Å². The lowest BCUT2D eigenvalue weighted by Gasteiger charge is -2.27. The summed E-state index contributed by atoms with van der Waals surface area (Å²) in [7, 11) is 0. The zero-order valence-electron chi connectivity index (χ0n) is 12.9. The number of hydrogen-bond donors (Lipinski definition) is 1. The Hall–Kier alpha value is -2.85. The highest BCUT2D eigenvalue weighted by Crippen LogP contribution is 2.17. The Bertz CT molecular complexity index is 986. The number of pyridine rings is 2. The lowest BCUT2D eigenvalue weighted by atomic mass is 10.1. The molecule has 0 radical (unpaired) electrons. The van der Waals surface area contributed by atoms with Gasteiger partial charge in [-0.25, -0.2) is 0 Å². The van der Waals surface area contributed by atoms with E-state index < -0.39 is 0 Å². The van der Waals surface area contributed by atoms with Crippen molar-refractivity contribution >= 4 is 23.5 Å². The molecule has 5 heteroatoms. The first-order valence-corrected chi connectivity index (χ1v) is 8.03. The second-order valence-corrected chi connectivity index (χ2v) is 5.98. The molecule has 0 saturated carbocycles. The third kappa shape index (κ3) is 2.96. The van der Waals surface area contributed by atoms with Gasteiger partial charge >= 0.3 is 0 Å². The summed E-state index contributed by atoms with van der Waals surface area (Å²) < 4.78 is 0. The van der Waals surface area contributed by atoms with Gasteiger partial charge in [0.2, 0.25) is 0 Å². The van der Waals surface area contributed by atoms with Gasteiger partial charge in [0.05, 0.1) is 17.6 Å². The van der Waals surface area contributed by atoms with Crippen LogP contribution >= 0.6 is 11.6 Å². The van der Waals surface area contributed by atoms with Crippen LogP contribution in [0.5, 0.6) is 0 Å². The van der Waals surface area contributed by atoms with Gasteiger partial charge < -0.3 is 0 Å². The van der Waals surface area contributed by atoms with Gasteiger partial charge in [-0.05, 0) is 42.0 Å². The molecule has 1 N–H and O–H groups in total. The molecule has 0 atom stereocenters. The van der Waals surface area contributed by atoms with E-state index in [0.717, 1.165) is 21.8 Å². The highest BCUT2D eigenvalue weighted by atomic mass is 35.5. The number of aromatic nitrogens is 2. The molecular weight excluding hydrogens is 320 g/mol. The topological polar surface area (TPSA) is 41.1 Å². The Balaban J connectivity index is 1.79. The molecule has 0 unspecified atom stereocenters. The number of rotatable bonds is 3. The minimum absolute atomic E-state index is 0.711. The van der Waals surface area contributed by atoms with E-state index in [-0.39, 0.29) is 0 Å². The van der Waals surface area contributed by atoms with E-state index in [1.165, 1.54) is 5.56 Å². The Labute approximate surface area is 144 Å². The fourth-order valence-electron chi connectivity index (χ4n) is 2.75. The van der Waals surface area contributed by atoms with Crippen LogP contribution in [0.4, 0.5) is 0 Å². The summed E-state index contributed by atoms with van der Waals surface area (Å²) in [6.45, 7) is 0.711. The van der Waals surface area contributed by atoms with Gasteiger partial charge in [-0.3, -0.25) is 20.4 Å². The van der Waals surface area contributed by atoms with E-state index in [9.17, 15) is 0 Å². The monoisotopic (exact) mass is 334 g/mol. The van der Waals surface area contributed by atoms with E-state index in [0.29, 0.717) is 11.6 Å². The molecule has 3 heterocycles. The zero-order chi connectivity index (χ0) is 16.4. The second kappa shape index (κ2) is 6.34. The molecule has 4 rings (SSSR count). The summed E-state index contributed by atoms with van der Waals surface area (Å²) in [4.78, 5) is 8.57. The Kier molecular flexibility index (Phi) is 3.89. The van der Waals surface area contributed by atoms with Gasteiger partial charge in [-0.1, -0.05) is 23.7 Å². The molecule has 118 valence electrons.